The van der Waals surface area contributed by atoms with Gasteiger partial charge >= 0.3 is 5.97 Å². The smallest absolute Gasteiger partial charge is 0.331 e. The van der Waals surface area contributed by atoms with E-state index < -0.39 is 11.8 Å². The average Bonchev–Trinajstić information content (AvgIpc) is 2.94. The molecule has 0 bridgehead atoms. The van der Waals surface area contributed by atoms with Crippen LogP contribution in [0.2, 0.25) is 0 Å². The van der Waals surface area contributed by atoms with Crippen molar-refractivity contribution in [2.45, 2.75) is 19.4 Å². The summed E-state index contributed by atoms with van der Waals surface area (Å²) in [5.41, 5.74) is 2.25. The molecule has 1 atom stereocenters. The number of hydrogen-bond donors (Lipinski definition) is 0. The van der Waals surface area contributed by atoms with E-state index in [0.717, 1.165) is 23.7 Å². The quantitative estimate of drug-likeness (QED) is 0.634. The van der Waals surface area contributed by atoms with Gasteiger partial charge in [-0.2, -0.15) is 0 Å². The summed E-state index contributed by atoms with van der Waals surface area (Å²) < 4.78 is 18.5. The van der Waals surface area contributed by atoms with E-state index in [1.54, 1.807) is 23.1 Å². The first kappa shape index (κ1) is 16.9. The predicted octanol–water partition coefficient (Wildman–Crippen LogP) is 3.36. The van der Waals surface area contributed by atoms with E-state index in [4.69, 9.17) is 4.74 Å². The molecule has 0 aliphatic carbocycles. The third kappa shape index (κ3) is 3.76. The number of para-hydroxylation sites is 1. The van der Waals surface area contributed by atoms with Gasteiger partial charge in [0.05, 0.1) is 0 Å². The van der Waals surface area contributed by atoms with Crippen LogP contribution in [0.25, 0.3) is 6.08 Å². The van der Waals surface area contributed by atoms with Gasteiger partial charge in [-0.05, 0) is 37.1 Å². The van der Waals surface area contributed by atoms with Crippen molar-refractivity contribution in [1.82, 2.24) is 0 Å². The fraction of sp³-hybridized carbons (Fsp3) is 0.200. The number of amides is 1. The Morgan fingerprint density at radius 3 is 2.72 bits per heavy atom. The normalized spacial score (nSPS) is 16.1. The van der Waals surface area contributed by atoms with Crippen LogP contribution in [0.15, 0.2) is 54.6 Å². The lowest BCUT2D eigenvalue weighted by atomic mass is 10.1. The molecule has 0 radical (unpaired) electrons. The summed E-state index contributed by atoms with van der Waals surface area (Å²) in [6.07, 6.45) is 3.23. The molecule has 1 heterocycles. The van der Waals surface area contributed by atoms with Crippen molar-refractivity contribution in [3.63, 3.8) is 0 Å². The Labute approximate surface area is 145 Å². The van der Waals surface area contributed by atoms with Crippen LogP contribution in [-0.4, -0.2) is 24.5 Å². The zero-order chi connectivity index (χ0) is 17.8. The van der Waals surface area contributed by atoms with Crippen LogP contribution in [0.1, 0.15) is 18.1 Å². The molecule has 0 saturated carbocycles. The molecule has 5 heteroatoms. The molecule has 2 aromatic rings. The fourth-order valence-corrected chi connectivity index (χ4v) is 2.96. The summed E-state index contributed by atoms with van der Waals surface area (Å²) in [6, 6.07) is 13.8. The van der Waals surface area contributed by atoms with Gasteiger partial charge in [0.2, 0.25) is 0 Å². The predicted molar refractivity (Wildman–Crippen MR) is 93.5 cm³/mol. The Morgan fingerprint density at radius 2 is 1.92 bits per heavy atom. The zero-order valence-electron chi connectivity index (χ0n) is 13.8. The number of esters is 1. The number of rotatable bonds is 4. The minimum absolute atomic E-state index is 0.0255. The first-order valence-corrected chi connectivity index (χ1v) is 8.05. The Bertz CT molecular complexity index is 831. The highest BCUT2D eigenvalue weighted by Gasteiger charge is 2.30. The van der Waals surface area contributed by atoms with Crippen LogP contribution in [0, 0.1) is 5.82 Å². The Hall–Kier alpha value is -2.95. The second-order valence-electron chi connectivity index (χ2n) is 5.91. The number of nitrogens with zero attached hydrogens (tertiary/aromatic N) is 1. The number of anilines is 1. The molecule has 0 fully saturated rings. The molecular weight excluding hydrogens is 321 g/mol. The van der Waals surface area contributed by atoms with Crippen LogP contribution in [0.3, 0.4) is 0 Å². The molecule has 4 nitrogen and oxygen atoms in total. The van der Waals surface area contributed by atoms with Gasteiger partial charge in [-0.25, -0.2) is 9.18 Å². The number of hydrogen-bond acceptors (Lipinski definition) is 3. The maximum Gasteiger partial charge on any atom is 0.331 e. The van der Waals surface area contributed by atoms with E-state index in [-0.39, 0.29) is 24.1 Å². The number of ether oxygens (including phenoxy) is 1. The fourth-order valence-electron chi connectivity index (χ4n) is 2.96. The first-order valence-electron chi connectivity index (χ1n) is 8.05. The van der Waals surface area contributed by atoms with Crippen LogP contribution in [0.5, 0.6) is 0 Å². The monoisotopic (exact) mass is 339 g/mol. The van der Waals surface area contributed by atoms with Crippen molar-refractivity contribution in [1.29, 1.82) is 0 Å². The number of benzene rings is 2. The molecule has 0 N–H and O–H groups in total. The molecule has 128 valence electrons. The maximum atomic E-state index is 13.5. The lowest BCUT2D eigenvalue weighted by Crippen LogP contribution is -2.38. The van der Waals surface area contributed by atoms with Gasteiger partial charge in [-0.15, -0.1) is 0 Å². The zero-order valence-corrected chi connectivity index (χ0v) is 13.8. The molecular formula is C20H18FNO3. The van der Waals surface area contributed by atoms with Gasteiger partial charge in [0.25, 0.3) is 5.91 Å². The minimum Gasteiger partial charge on any atom is -0.452 e. The third-order valence-electron chi connectivity index (χ3n) is 4.12. The molecule has 2 aromatic carbocycles. The van der Waals surface area contributed by atoms with Gasteiger partial charge in [0.1, 0.15) is 5.82 Å². The van der Waals surface area contributed by atoms with Crippen LogP contribution in [-0.2, 0) is 20.7 Å². The Balaban J connectivity index is 1.59. The highest BCUT2D eigenvalue weighted by Crippen LogP contribution is 2.31. The second-order valence-corrected chi connectivity index (χ2v) is 5.91. The van der Waals surface area contributed by atoms with Gasteiger partial charge in [-0.1, -0.05) is 36.4 Å². The lowest BCUT2D eigenvalue weighted by Gasteiger charge is -2.22. The van der Waals surface area contributed by atoms with E-state index >= 15 is 0 Å². The van der Waals surface area contributed by atoms with Gasteiger partial charge in [0.15, 0.2) is 6.61 Å². The molecule has 25 heavy (non-hydrogen) atoms. The topological polar surface area (TPSA) is 46.6 Å². The molecule has 1 amide bonds. The summed E-state index contributed by atoms with van der Waals surface area (Å²) >= 11 is 0. The number of carbonyl (C=O) groups is 2. The summed E-state index contributed by atoms with van der Waals surface area (Å²) in [7, 11) is 0. The Morgan fingerprint density at radius 1 is 1.20 bits per heavy atom. The highest BCUT2D eigenvalue weighted by molar-refractivity contribution is 5.98. The summed E-state index contributed by atoms with van der Waals surface area (Å²) in [4.78, 5) is 25.8. The van der Waals surface area contributed by atoms with Gasteiger partial charge in [0, 0.05) is 23.4 Å². The van der Waals surface area contributed by atoms with Crippen molar-refractivity contribution in [2.75, 3.05) is 11.5 Å². The van der Waals surface area contributed by atoms with Crippen molar-refractivity contribution < 1.29 is 18.7 Å². The van der Waals surface area contributed by atoms with E-state index in [1.165, 1.54) is 12.1 Å². The highest BCUT2D eigenvalue weighted by atomic mass is 19.1. The van der Waals surface area contributed by atoms with Crippen LogP contribution in [0.4, 0.5) is 10.1 Å². The van der Waals surface area contributed by atoms with E-state index in [0.29, 0.717) is 0 Å². The standard InChI is InChI=1S/C20H18FNO3/c1-14-12-16-7-3-5-9-18(16)22(14)19(23)13-25-20(24)11-10-15-6-2-4-8-17(15)21/h2-11,14H,12-13H2,1H3/b11-10+. The van der Waals surface area contributed by atoms with Gasteiger partial charge < -0.3 is 9.64 Å². The SMILES string of the molecule is CC1Cc2ccccc2N1C(=O)COC(=O)/C=C/c1ccccc1F. The van der Waals surface area contributed by atoms with Crippen molar-refractivity contribution in [3.8, 4) is 0 Å². The molecule has 1 unspecified atom stereocenters. The number of carbonyl (C=O) groups excluding carboxylic acids is 2. The summed E-state index contributed by atoms with van der Waals surface area (Å²) in [5, 5.41) is 0. The average molecular weight is 339 g/mol. The largest absolute Gasteiger partial charge is 0.452 e. The molecule has 0 saturated heterocycles. The molecule has 3 rings (SSSR count). The third-order valence-corrected chi connectivity index (χ3v) is 4.12. The van der Waals surface area contributed by atoms with Gasteiger partial charge in [-0.3, -0.25) is 4.79 Å². The van der Waals surface area contributed by atoms with Crippen molar-refractivity contribution in [2.24, 2.45) is 0 Å². The molecule has 1 aliphatic rings. The molecule has 1 aliphatic heterocycles. The number of fused-ring (bicyclic) bond motifs is 1. The van der Waals surface area contributed by atoms with Crippen molar-refractivity contribution in [3.05, 3.63) is 71.6 Å². The summed E-state index contributed by atoms with van der Waals surface area (Å²) in [5.74, 6) is -1.38. The first-order chi connectivity index (χ1) is 12.1. The molecule has 0 spiro atoms. The van der Waals surface area contributed by atoms with Crippen LogP contribution >= 0.6 is 0 Å². The van der Waals surface area contributed by atoms with Crippen molar-refractivity contribution >= 4 is 23.6 Å². The minimum atomic E-state index is -0.684. The second kappa shape index (κ2) is 7.30. The molecule has 0 aromatic heterocycles. The van der Waals surface area contributed by atoms with E-state index in [9.17, 15) is 14.0 Å². The van der Waals surface area contributed by atoms with Crippen LogP contribution < -0.4 is 4.90 Å². The van der Waals surface area contributed by atoms with E-state index in [1.807, 2.05) is 31.2 Å². The summed E-state index contributed by atoms with van der Waals surface area (Å²) in [6.45, 7) is 1.61. The lowest BCUT2D eigenvalue weighted by molar-refractivity contribution is -0.143. The Kier molecular flexibility index (Phi) is 4.93. The maximum absolute atomic E-state index is 13.5. The number of halogens is 1. The van der Waals surface area contributed by atoms with E-state index in [2.05, 4.69) is 0 Å².